The lowest BCUT2D eigenvalue weighted by Gasteiger charge is -2.05. The Kier molecular flexibility index (Phi) is 3.68. The van der Waals surface area contributed by atoms with E-state index in [1.54, 1.807) is 18.2 Å². The first-order valence-corrected chi connectivity index (χ1v) is 5.79. The normalized spacial score (nSPS) is 10.7. The number of benzene rings is 1. The van der Waals surface area contributed by atoms with Crippen molar-refractivity contribution < 1.29 is 17.9 Å². The summed E-state index contributed by atoms with van der Waals surface area (Å²) < 4.78 is 29.1. The van der Waals surface area contributed by atoms with Gasteiger partial charge in [-0.05, 0) is 19.1 Å². The van der Waals surface area contributed by atoms with Crippen molar-refractivity contribution in [1.29, 1.82) is 0 Å². The summed E-state index contributed by atoms with van der Waals surface area (Å²) in [6.45, 7) is 1.56. The van der Waals surface area contributed by atoms with Crippen LogP contribution < -0.4 is 4.72 Å². The van der Waals surface area contributed by atoms with Gasteiger partial charge in [0, 0.05) is 5.69 Å². The van der Waals surface area contributed by atoms with Gasteiger partial charge in [-0.2, -0.15) is 8.42 Å². The van der Waals surface area contributed by atoms with E-state index in [2.05, 4.69) is 9.46 Å². The van der Waals surface area contributed by atoms with Crippen LogP contribution in [0, 0.1) is 0 Å². The van der Waals surface area contributed by atoms with Gasteiger partial charge in [-0.25, -0.2) is 4.79 Å². The summed E-state index contributed by atoms with van der Waals surface area (Å²) in [5, 5.41) is -1.27. The van der Waals surface area contributed by atoms with Crippen LogP contribution in [-0.2, 0) is 14.8 Å². The van der Waals surface area contributed by atoms with Crippen LogP contribution in [0.5, 0.6) is 0 Å². The maximum absolute atomic E-state index is 11.3. The van der Waals surface area contributed by atoms with Gasteiger partial charge in [-0.3, -0.25) is 4.72 Å². The van der Waals surface area contributed by atoms with Gasteiger partial charge in [0.15, 0.2) is 0 Å². The Morgan fingerprint density at radius 2 is 1.93 bits per heavy atom. The molecule has 0 aliphatic heterocycles. The lowest BCUT2D eigenvalue weighted by molar-refractivity contribution is 0.178. The number of carbonyl (C=O) groups excluding carboxylic acids is 1. The Labute approximate surface area is 88.1 Å². The van der Waals surface area contributed by atoms with E-state index in [-0.39, 0.29) is 6.61 Å². The second kappa shape index (κ2) is 4.79. The summed E-state index contributed by atoms with van der Waals surface area (Å²) in [7, 11) is -4.09. The number of para-hydroxylation sites is 1. The quantitative estimate of drug-likeness (QED) is 0.799. The predicted octanol–water partition coefficient (Wildman–Crippen LogP) is 1.58. The van der Waals surface area contributed by atoms with E-state index in [1.165, 1.54) is 19.1 Å². The molecule has 1 rings (SSSR count). The minimum absolute atomic E-state index is 0.0224. The number of nitrogens with one attached hydrogen (secondary N) is 1. The Morgan fingerprint density at radius 3 is 2.47 bits per heavy atom. The third-order valence-corrected chi connectivity index (χ3v) is 2.57. The fourth-order valence-electron chi connectivity index (χ4n) is 0.898. The van der Waals surface area contributed by atoms with Crippen LogP contribution in [0.25, 0.3) is 0 Å². The SMILES string of the molecule is CCOC(=O)S(=O)(=O)Nc1ccccc1. The van der Waals surface area contributed by atoms with Crippen molar-refractivity contribution in [3.8, 4) is 0 Å². The first kappa shape index (κ1) is 11.5. The van der Waals surface area contributed by atoms with Gasteiger partial charge in [-0.15, -0.1) is 0 Å². The van der Waals surface area contributed by atoms with Crippen LogP contribution in [-0.4, -0.2) is 20.3 Å². The van der Waals surface area contributed by atoms with Crippen LogP contribution in [0.15, 0.2) is 30.3 Å². The smallest absolute Gasteiger partial charge is 0.445 e. The number of anilines is 1. The van der Waals surface area contributed by atoms with Gasteiger partial charge in [0.1, 0.15) is 0 Å². The molecule has 0 fully saturated rings. The van der Waals surface area contributed by atoms with Crippen LogP contribution >= 0.6 is 0 Å². The molecule has 1 aromatic rings. The average molecular weight is 229 g/mol. The fourth-order valence-corrected chi connectivity index (χ4v) is 1.70. The highest BCUT2D eigenvalue weighted by Crippen LogP contribution is 2.09. The lowest BCUT2D eigenvalue weighted by atomic mass is 10.3. The highest BCUT2D eigenvalue weighted by molar-refractivity contribution is 8.06. The van der Waals surface area contributed by atoms with Crippen molar-refractivity contribution in [1.82, 2.24) is 0 Å². The molecule has 0 spiro atoms. The van der Waals surface area contributed by atoms with Crippen LogP contribution in [0.2, 0.25) is 0 Å². The van der Waals surface area contributed by atoms with Gasteiger partial charge < -0.3 is 4.74 Å². The van der Waals surface area contributed by atoms with Gasteiger partial charge in [-0.1, -0.05) is 18.2 Å². The maximum atomic E-state index is 11.3. The minimum Gasteiger partial charge on any atom is -0.453 e. The molecule has 0 radical (unpaired) electrons. The number of carbonyl (C=O) groups is 1. The van der Waals surface area contributed by atoms with Crippen molar-refractivity contribution >= 4 is 21.0 Å². The van der Waals surface area contributed by atoms with Crippen molar-refractivity contribution in [3.05, 3.63) is 30.3 Å². The largest absolute Gasteiger partial charge is 0.453 e. The lowest BCUT2D eigenvalue weighted by Crippen LogP contribution is -2.23. The standard InChI is InChI=1S/C9H11NO4S/c1-2-14-9(11)15(12,13)10-8-6-4-3-5-7-8/h3-7,10H,2H2,1H3. The molecule has 0 saturated heterocycles. The summed E-state index contributed by atoms with van der Waals surface area (Å²) >= 11 is 0. The Hall–Kier alpha value is -1.56. The van der Waals surface area contributed by atoms with E-state index >= 15 is 0 Å². The minimum atomic E-state index is -4.09. The van der Waals surface area contributed by atoms with Crippen LogP contribution in [0.1, 0.15) is 6.92 Å². The fraction of sp³-hybridized carbons (Fsp3) is 0.222. The second-order valence-corrected chi connectivity index (χ2v) is 4.20. The summed E-state index contributed by atoms with van der Waals surface area (Å²) in [4.78, 5) is 11.0. The monoisotopic (exact) mass is 229 g/mol. The van der Waals surface area contributed by atoms with Crippen molar-refractivity contribution in [2.75, 3.05) is 11.3 Å². The number of rotatable bonds is 3. The number of ether oxygens (including phenoxy) is 1. The molecule has 0 aromatic heterocycles. The molecule has 0 aliphatic rings. The molecule has 0 amide bonds. The third-order valence-electron chi connectivity index (χ3n) is 1.51. The highest BCUT2D eigenvalue weighted by Gasteiger charge is 2.23. The van der Waals surface area contributed by atoms with E-state index in [9.17, 15) is 13.2 Å². The van der Waals surface area contributed by atoms with Gasteiger partial charge >= 0.3 is 15.3 Å². The second-order valence-electron chi connectivity index (χ2n) is 2.65. The highest BCUT2D eigenvalue weighted by atomic mass is 32.2. The van der Waals surface area contributed by atoms with Crippen molar-refractivity contribution in [2.24, 2.45) is 0 Å². The Balaban J connectivity index is 2.78. The van der Waals surface area contributed by atoms with Crippen LogP contribution in [0.3, 0.4) is 0 Å². The van der Waals surface area contributed by atoms with Crippen molar-refractivity contribution in [3.63, 3.8) is 0 Å². The Bertz CT molecular complexity index is 427. The molecule has 0 atom stereocenters. The molecule has 0 saturated carbocycles. The van der Waals surface area contributed by atoms with E-state index < -0.39 is 15.3 Å². The predicted molar refractivity (Wildman–Crippen MR) is 56.0 cm³/mol. The molecule has 82 valence electrons. The zero-order valence-electron chi connectivity index (χ0n) is 8.14. The molecular weight excluding hydrogens is 218 g/mol. The van der Waals surface area contributed by atoms with Gasteiger partial charge in [0.05, 0.1) is 6.61 Å². The van der Waals surface area contributed by atoms with Gasteiger partial charge in [0.2, 0.25) is 0 Å². The van der Waals surface area contributed by atoms with Gasteiger partial charge in [0.25, 0.3) is 0 Å². The van der Waals surface area contributed by atoms with Crippen LogP contribution in [0.4, 0.5) is 10.5 Å². The molecular formula is C9H11NO4S. The zero-order valence-corrected chi connectivity index (χ0v) is 8.95. The van der Waals surface area contributed by atoms with Crippen molar-refractivity contribution in [2.45, 2.75) is 6.92 Å². The average Bonchev–Trinajstić information content (AvgIpc) is 2.19. The molecule has 1 N–H and O–H groups in total. The Morgan fingerprint density at radius 1 is 1.33 bits per heavy atom. The molecule has 15 heavy (non-hydrogen) atoms. The number of hydrogen-bond acceptors (Lipinski definition) is 4. The molecule has 0 unspecified atom stereocenters. The molecule has 0 bridgehead atoms. The number of hydrogen-bond donors (Lipinski definition) is 1. The molecule has 1 aromatic carbocycles. The first-order chi connectivity index (χ1) is 7.06. The molecule has 0 heterocycles. The summed E-state index contributed by atoms with van der Waals surface area (Å²) in [5.74, 6) is 0. The maximum Gasteiger partial charge on any atom is 0.445 e. The van der Waals surface area contributed by atoms with E-state index in [1.807, 2.05) is 0 Å². The molecule has 5 nitrogen and oxygen atoms in total. The van der Waals surface area contributed by atoms with E-state index in [4.69, 9.17) is 0 Å². The summed E-state index contributed by atoms with van der Waals surface area (Å²) in [6.07, 6.45) is 0. The van der Waals surface area contributed by atoms with E-state index in [0.29, 0.717) is 5.69 Å². The topological polar surface area (TPSA) is 72.5 Å². The zero-order chi connectivity index (χ0) is 11.3. The summed E-state index contributed by atoms with van der Waals surface area (Å²) in [6, 6.07) is 8.13. The molecule has 0 aliphatic carbocycles. The number of sulfonamides is 1. The molecule has 6 heteroatoms. The first-order valence-electron chi connectivity index (χ1n) is 4.31. The van der Waals surface area contributed by atoms with E-state index in [0.717, 1.165) is 0 Å². The third kappa shape index (κ3) is 3.25. The summed E-state index contributed by atoms with van der Waals surface area (Å²) in [5.41, 5.74) is 0.325.